The average Bonchev–Trinajstić information content (AvgIpc) is 3.07. The zero-order valence-electron chi connectivity index (χ0n) is 15.1. The van der Waals surface area contributed by atoms with Crippen molar-refractivity contribution in [2.75, 3.05) is 6.54 Å². The van der Waals surface area contributed by atoms with Crippen molar-refractivity contribution in [3.8, 4) is 0 Å². The summed E-state index contributed by atoms with van der Waals surface area (Å²) in [5.41, 5.74) is 1.53. The number of carbonyl (C=O) groups is 2. The zero-order valence-corrected chi connectivity index (χ0v) is 16.6. The van der Waals surface area contributed by atoms with E-state index in [2.05, 4.69) is 10.3 Å². The third-order valence-corrected chi connectivity index (χ3v) is 5.63. The highest BCUT2D eigenvalue weighted by atomic mass is 35.5. The molecular formula is C21H21ClN2O2S. The fraction of sp³-hybridized carbons (Fsp3) is 0.286. The number of aromatic nitrogens is 1. The number of rotatable bonds is 8. The first-order valence-corrected chi connectivity index (χ1v) is 10.1. The molecule has 1 amide bonds. The molecule has 0 aliphatic heterocycles. The third-order valence-electron chi connectivity index (χ3n) is 4.36. The van der Waals surface area contributed by atoms with Crippen molar-refractivity contribution in [3.05, 3.63) is 64.1 Å². The van der Waals surface area contributed by atoms with Gasteiger partial charge in [-0.15, -0.1) is 11.3 Å². The number of fused-ring (bicyclic) bond motifs is 1. The molecule has 140 valence electrons. The Morgan fingerprint density at radius 3 is 2.70 bits per heavy atom. The van der Waals surface area contributed by atoms with Gasteiger partial charge in [0.2, 0.25) is 0 Å². The zero-order chi connectivity index (χ0) is 19.2. The van der Waals surface area contributed by atoms with E-state index < -0.39 is 0 Å². The number of ketones is 1. The van der Waals surface area contributed by atoms with Crippen molar-refractivity contribution in [3.63, 3.8) is 0 Å². The van der Waals surface area contributed by atoms with Gasteiger partial charge < -0.3 is 5.32 Å². The fourth-order valence-corrected chi connectivity index (χ4v) is 4.25. The Kier molecular flexibility index (Phi) is 6.58. The van der Waals surface area contributed by atoms with Crippen LogP contribution in [-0.4, -0.2) is 23.2 Å². The first-order valence-electron chi connectivity index (χ1n) is 8.95. The molecule has 2 aromatic carbocycles. The SMILES string of the molecule is CCC(=O)C[C@H](CNC(=O)c1ccccc1)Cc1nc2ccc(Cl)cc2s1. The lowest BCUT2D eigenvalue weighted by molar-refractivity contribution is -0.119. The monoisotopic (exact) mass is 400 g/mol. The number of thiazole rings is 1. The van der Waals surface area contributed by atoms with Gasteiger partial charge in [0.1, 0.15) is 5.78 Å². The van der Waals surface area contributed by atoms with E-state index in [1.807, 2.05) is 43.3 Å². The van der Waals surface area contributed by atoms with Crippen LogP contribution in [0, 0.1) is 5.92 Å². The third kappa shape index (κ3) is 5.37. The van der Waals surface area contributed by atoms with Gasteiger partial charge in [-0.1, -0.05) is 36.7 Å². The van der Waals surface area contributed by atoms with E-state index >= 15 is 0 Å². The van der Waals surface area contributed by atoms with Crippen LogP contribution in [0.15, 0.2) is 48.5 Å². The van der Waals surface area contributed by atoms with Gasteiger partial charge in [-0.2, -0.15) is 0 Å². The molecular weight excluding hydrogens is 380 g/mol. The summed E-state index contributed by atoms with van der Waals surface area (Å²) in [5.74, 6) is 0.0832. The molecule has 1 N–H and O–H groups in total. The highest BCUT2D eigenvalue weighted by Crippen LogP contribution is 2.27. The molecule has 0 aliphatic carbocycles. The molecule has 27 heavy (non-hydrogen) atoms. The lowest BCUT2D eigenvalue weighted by Gasteiger charge is -2.15. The molecule has 0 saturated carbocycles. The van der Waals surface area contributed by atoms with E-state index in [4.69, 9.17) is 11.6 Å². The highest BCUT2D eigenvalue weighted by molar-refractivity contribution is 7.18. The van der Waals surface area contributed by atoms with E-state index in [9.17, 15) is 9.59 Å². The molecule has 0 aliphatic rings. The predicted molar refractivity (Wildman–Crippen MR) is 111 cm³/mol. The maximum Gasteiger partial charge on any atom is 0.251 e. The molecule has 0 radical (unpaired) electrons. The Balaban J connectivity index is 1.70. The van der Waals surface area contributed by atoms with Crippen LogP contribution in [0.1, 0.15) is 35.1 Å². The summed E-state index contributed by atoms with van der Waals surface area (Å²) in [4.78, 5) is 29.0. The Bertz CT molecular complexity index is 940. The normalized spacial score (nSPS) is 12.1. The van der Waals surface area contributed by atoms with Crippen molar-refractivity contribution in [1.29, 1.82) is 0 Å². The van der Waals surface area contributed by atoms with Crippen molar-refractivity contribution in [1.82, 2.24) is 10.3 Å². The molecule has 0 unspecified atom stereocenters. The van der Waals surface area contributed by atoms with E-state index in [0.29, 0.717) is 36.4 Å². The second kappa shape index (κ2) is 9.11. The molecule has 3 rings (SSSR count). The fourth-order valence-electron chi connectivity index (χ4n) is 2.89. The van der Waals surface area contributed by atoms with Crippen molar-refractivity contribution < 1.29 is 9.59 Å². The smallest absolute Gasteiger partial charge is 0.251 e. The molecule has 1 aromatic heterocycles. The summed E-state index contributed by atoms with van der Waals surface area (Å²) in [6.07, 6.45) is 1.58. The van der Waals surface area contributed by atoms with Crippen LogP contribution in [0.2, 0.25) is 5.02 Å². The Hall–Kier alpha value is -2.24. The lowest BCUT2D eigenvalue weighted by Crippen LogP contribution is -2.31. The number of amides is 1. The maximum atomic E-state index is 12.3. The standard InChI is InChI=1S/C21H21ClN2O2S/c1-2-17(25)10-14(13-23-21(26)15-6-4-3-5-7-15)11-20-24-18-9-8-16(22)12-19(18)27-20/h3-9,12,14H,2,10-11,13H2,1H3,(H,23,26)/t14-/m0/s1. The Labute approximate surface area is 167 Å². The summed E-state index contributed by atoms with van der Waals surface area (Å²) < 4.78 is 1.03. The van der Waals surface area contributed by atoms with Gasteiger partial charge in [0, 0.05) is 36.4 Å². The van der Waals surface area contributed by atoms with Gasteiger partial charge in [0.15, 0.2) is 0 Å². The summed E-state index contributed by atoms with van der Waals surface area (Å²) in [5, 5.41) is 4.60. The van der Waals surface area contributed by atoms with Crippen LogP contribution in [0.25, 0.3) is 10.2 Å². The Morgan fingerprint density at radius 2 is 1.96 bits per heavy atom. The minimum atomic E-state index is -0.124. The number of hydrogen-bond acceptors (Lipinski definition) is 4. The van der Waals surface area contributed by atoms with Crippen LogP contribution in [0.4, 0.5) is 0 Å². The topological polar surface area (TPSA) is 59.1 Å². The van der Waals surface area contributed by atoms with Crippen LogP contribution in [-0.2, 0) is 11.2 Å². The second-order valence-electron chi connectivity index (χ2n) is 6.46. The minimum Gasteiger partial charge on any atom is -0.352 e. The van der Waals surface area contributed by atoms with E-state index in [0.717, 1.165) is 15.2 Å². The van der Waals surface area contributed by atoms with Gasteiger partial charge in [0.05, 0.1) is 15.2 Å². The largest absolute Gasteiger partial charge is 0.352 e. The van der Waals surface area contributed by atoms with E-state index in [1.165, 1.54) is 0 Å². The number of nitrogens with zero attached hydrogens (tertiary/aromatic N) is 1. The summed E-state index contributed by atoms with van der Waals surface area (Å²) >= 11 is 7.64. The molecule has 0 saturated heterocycles. The number of hydrogen-bond donors (Lipinski definition) is 1. The maximum absolute atomic E-state index is 12.3. The summed E-state index contributed by atoms with van der Waals surface area (Å²) in [6.45, 7) is 2.30. The highest BCUT2D eigenvalue weighted by Gasteiger charge is 2.18. The first-order chi connectivity index (χ1) is 13.0. The molecule has 0 spiro atoms. The molecule has 6 heteroatoms. The lowest BCUT2D eigenvalue weighted by atomic mass is 9.97. The van der Waals surface area contributed by atoms with Gasteiger partial charge in [-0.3, -0.25) is 9.59 Å². The average molecular weight is 401 g/mol. The summed E-state index contributed by atoms with van der Waals surface area (Å²) in [6, 6.07) is 14.7. The molecule has 3 aromatic rings. The second-order valence-corrected chi connectivity index (χ2v) is 8.01. The van der Waals surface area contributed by atoms with Crippen molar-refractivity contribution in [2.45, 2.75) is 26.2 Å². The first kappa shape index (κ1) is 19.5. The molecule has 0 bridgehead atoms. The molecule has 0 fully saturated rings. The van der Waals surface area contributed by atoms with Crippen molar-refractivity contribution >= 4 is 44.8 Å². The van der Waals surface area contributed by atoms with Crippen molar-refractivity contribution in [2.24, 2.45) is 5.92 Å². The van der Waals surface area contributed by atoms with Gasteiger partial charge in [-0.25, -0.2) is 4.98 Å². The number of Topliss-reactive ketones (excluding diaryl/α,β-unsaturated/α-hetero) is 1. The predicted octanol–water partition coefficient (Wildman–Crippen LogP) is 4.91. The van der Waals surface area contributed by atoms with Gasteiger partial charge in [-0.05, 0) is 36.2 Å². The number of benzene rings is 2. The Morgan fingerprint density at radius 1 is 1.19 bits per heavy atom. The minimum absolute atomic E-state index is 0.0150. The van der Waals surface area contributed by atoms with Gasteiger partial charge >= 0.3 is 0 Å². The van der Waals surface area contributed by atoms with Crippen LogP contribution < -0.4 is 5.32 Å². The molecule has 4 nitrogen and oxygen atoms in total. The molecule has 1 heterocycles. The van der Waals surface area contributed by atoms with Gasteiger partial charge in [0.25, 0.3) is 5.91 Å². The quantitative estimate of drug-likeness (QED) is 0.584. The van der Waals surface area contributed by atoms with E-state index in [1.54, 1.807) is 23.5 Å². The number of carbonyl (C=O) groups excluding carboxylic acids is 2. The molecule has 1 atom stereocenters. The number of halogens is 1. The van der Waals surface area contributed by atoms with Crippen LogP contribution in [0.5, 0.6) is 0 Å². The number of nitrogens with one attached hydrogen (secondary N) is 1. The van der Waals surface area contributed by atoms with Crippen LogP contribution in [0.3, 0.4) is 0 Å². The van der Waals surface area contributed by atoms with E-state index in [-0.39, 0.29) is 17.6 Å². The summed E-state index contributed by atoms with van der Waals surface area (Å²) in [7, 11) is 0. The van der Waals surface area contributed by atoms with Crippen LogP contribution >= 0.6 is 22.9 Å².